The molecule has 0 aliphatic rings. The predicted octanol–water partition coefficient (Wildman–Crippen LogP) is 2.21. The summed E-state index contributed by atoms with van der Waals surface area (Å²) in [4.78, 5) is 12.0. The highest BCUT2D eigenvalue weighted by molar-refractivity contribution is 6.31. The summed E-state index contributed by atoms with van der Waals surface area (Å²) in [6.07, 6.45) is 0.372. The van der Waals surface area contributed by atoms with Gasteiger partial charge in [0.15, 0.2) is 0 Å². The van der Waals surface area contributed by atoms with Gasteiger partial charge in [-0.3, -0.25) is 14.2 Å². The number of carbonyl (C=O) groups is 1. The summed E-state index contributed by atoms with van der Waals surface area (Å²) >= 11 is 6.10. The summed E-state index contributed by atoms with van der Waals surface area (Å²) < 4.78 is 3.60. The second-order valence-electron chi connectivity index (χ2n) is 5.51. The fourth-order valence-corrected chi connectivity index (χ4v) is 2.58. The molecule has 0 atom stereocenters. The highest BCUT2D eigenvalue weighted by atomic mass is 35.5. The number of hydrogen-bond acceptors (Lipinski definition) is 3. The van der Waals surface area contributed by atoms with Gasteiger partial charge < -0.3 is 5.32 Å². The van der Waals surface area contributed by atoms with Crippen LogP contribution in [-0.2, 0) is 24.9 Å². The molecule has 7 heteroatoms. The zero-order chi connectivity index (χ0) is 16.4. The Morgan fingerprint density at radius 2 is 1.82 bits per heavy atom. The Kier molecular flexibility index (Phi) is 4.90. The van der Waals surface area contributed by atoms with Crippen molar-refractivity contribution >= 4 is 17.5 Å². The van der Waals surface area contributed by atoms with Crippen molar-refractivity contribution in [3.05, 3.63) is 33.4 Å². The lowest BCUT2D eigenvalue weighted by atomic mass is 10.2. The SMILES string of the molecule is Cc1nn(CCC(=O)NCc2c(C)nn(C)c2C)c(C)c1Cl. The highest BCUT2D eigenvalue weighted by Crippen LogP contribution is 2.19. The fourth-order valence-electron chi connectivity index (χ4n) is 2.45. The molecule has 0 aliphatic heterocycles. The molecule has 0 bridgehead atoms. The molecule has 0 fully saturated rings. The van der Waals surface area contributed by atoms with Crippen molar-refractivity contribution in [2.45, 2.75) is 47.2 Å². The Labute approximate surface area is 135 Å². The molecular formula is C15H22ClN5O. The normalized spacial score (nSPS) is 11.0. The smallest absolute Gasteiger partial charge is 0.222 e. The van der Waals surface area contributed by atoms with Crippen LogP contribution in [0.5, 0.6) is 0 Å². The van der Waals surface area contributed by atoms with Crippen LogP contribution in [0.1, 0.15) is 34.8 Å². The third-order valence-corrected chi connectivity index (χ3v) is 4.51. The van der Waals surface area contributed by atoms with Crippen LogP contribution in [0.2, 0.25) is 5.02 Å². The molecule has 2 aromatic rings. The van der Waals surface area contributed by atoms with E-state index in [0.717, 1.165) is 28.3 Å². The number of amides is 1. The van der Waals surface area contributed by atoms with E-state index in [1.807, 2.05) is 39.4 Å². The number of carbonyl (C=O) groups excluding carboxylic acids is 1. The molecule has 6 nitrogen and oxygen atoms in total. The summed E-state index contributed by atoms with van der Waals surface area (Å²) in [5.41, 5.74) is 4.78. The predicted molar refractivity (Wildman–Crippen MR) is 85.9 cm³/mol. The van der Waals surface area contributed by atoms with Gasteiger partial charge in [0.2, 0.25) is 5.91 Å². The van der Waals surface area contributed by atoms with Gasteiger partial charge in [-0.05, 0) is 27.7 Å². The molecule has 2 aromatic heterocycles. The number of nitrogens with zero attached hydrogens (tertiary/aromatic N) is 4. The molecule has 0 saturated carbocycles. The molecule has 120 valence electrons. The van der Waals surface area contributed by atoms with Gasteiger partial charge in [0.1, 0.15) is 0 Å². The molecule has 0 unspecified atom stereocenters. The molecule has 0 aromatic carbocycles. The van der Waals surface area contributed by atoms with E-state index in [4.69, 9.17) is 11.6 Å². The first kappa shape index (κ1) is 16.5. The second-order valence-corrected chi connectivity index (χ2v) is 5.89. The maximum atomic E-state index is 12.0. The Bertz CT molecular complexity index is 701. The van der Waals surface area contributed by atoms with Gasteiger partial charge in [-0.2, -0.15) is 10.2 Å². The monoisotopic (exact) mass is 323 g/mol. The molecule has 0 saturated heterocycles. The quantitative estimate of drug-likeness (QED) is 0.917. The number of aryl methyl sites for hydroxylation is 4. The molecule has 1 amide bonds. The van der Waals surface area contributed by atoms with Gasteiger partial charge >= 0.3 is 0 Å². The molecular weight excluding hydrogens is 302 g/mol. The van der Waals surface area contributed by atoms with E-state index in [9.17, 15) is 4.79 Å². The van der Waals surface area contributed by atoms with Crippen LogP contribution in [0.3, 0.4) is 0 Å². The van der Waals surface area contributed by atoms with Gasteiger partial charge in [0, 0.05) is 31.3 Å². The van der Waals surface area contributed by atoms with E-state index in [1.54, 1.807) is 4.68 Å². The number of halogens is 1. The van der Waals surface area contributed by atoms with Crippen molar-refractivity contribution < 1.29 is 4.79 Å². The van der Waals surface area contributed by atoms with Crippen LogP contribution in [0.25, 0.3) is 0 Å². The van der Waals surface area contributed by atoms with Crippen LogP contribution in [0.15, 0.2) is 0 Å². The largest absolute Gasteiger partial charge is 0.352 e. The minimum absolute atomic E-state index is 0.00803. The van der Waals surface area contributed by atoms with Gasteiger partial charge in [0.25, 0.3) is 0 Å². The lowest BCUT2D eigenvalue weighted by Crippen LogP contribution is -2.24. The summed E-state index contributed by atoms with van der Waals surface area (Å²) in [5.74, 6) is -0.00803. The van der Waals surface area contributed by atoms with Crippen molar-refractivity contribution in [3.63, 3.8) is 0 Å². The van der Waals surface area contributed by atoms with E-state index in [-0.39, 0.29) is 5.91 Å². The average Bonchev–Trinajstić information content (AvgIpc) is 2.85. The molecule has 2 heterocycles. The molecule has 2 rings (SSSR count). The lowest BCUT2D eigenvalue weighted by Gasteiger charge is -2.07. The van der Waals surface area contributed by atoms with Crippen molar-refractivity contribution in [1.82, 2.24) is 24.9 Å². The minimum Gasteiger partial charge on any atom is -0.352 e. The zero-order valence-corrected chi connectivity index (χ0v) is 14.5. The zero-order valence-electron chi connectivity index (χ0n) is 13.7. The number of aromatic nitrogens is 4. The average molecular weight is 324 g/mol. The lowest BCUT2D eigenvalue weighted by molar-refractivity contribution is -0.121. The Balaban J connectivity index is 1.89. The summed E-state index contributed by atoms with van der Waals surface area (Å²) in [6, 6.07) is 0. The van der Waals surface area contributed by atoms with E-state index in [0.29, 0.717) is 24.5 Å². The maximum Gasteiger partial charge on any atom is 0.222 e. The molecule has 22 heavy (non-hydrogen) atoms. The first-order valence-corrected chi connectivity index (χ1v) is 7.64. The number of rotatable bonds is 5. The van der Waals surface area contributed by atoms with Crippen LogP contribution < -0.4 is 5.32 Å². The van der Waals surface area contributed by atoms with E-state index in [2.05, 4.69) is 15.5 Å². The fraction of sp³-hybridized carbons (Fsp3) is 0.533. The number of hydrogen-bond donors (Lipinski definition) is 1. The second kappa shape index (κ2) is 6.52. The van der Waals surface area contributed by atoms with Crippen LogP contribution >= 0.6 is 11.6 Å². The molecule has 0 aliphatic carbocycles. The standard InChI is InChI=1S/C15H22ClN5O/c1-9-13(11(3)20(5)18-9)8-17-14(22)6-7-21-12(4)15(16)10(2)19-21/h6-8H2,1-5H3,(H,17,22). The van der Waals surface area contributed by atoms with Crippen LogP contribution in [-0.4, -0.2) is 25.5 Å². The topological polar surface area (TPSA) is 64.7 Å². The van der Waals surface area contributed by atoms with Crippen molar-refractivity contribution in [2.24, 2.45) is 7.05 Å². The van der Waals surface area contributed by atoms with Crippen molar-refractivity contribution in [2.75, 3.05) is 0 Å². The first-order valence-electron chi connectivity index (χ1n) is 7.26. The van der Waals surface area contributed by atoms with Gasteiger partial charge in [0.05, 0.1) is 28.6 Å². The molecule has 0 radical (unpaired) electrons. The third kappa shape index (κ3) is 3.32. The maximum absolute atomic E-state index is 12.0. The van der Waals surface area contributed by atoms with Crippen molar-refractivity contribution in [3.8, 4) is 0 Å². The first-order chi connectivity index (χ1) is 10.3. The van der Waals surface area contributed by atoms with E-state index < -0.39 is 0 Å². The summed E-state index contributed by atoms with van der Waals surface area (Å²) in [7, 11) is 1.90. The van der Waals surface area contributed by atoms with Crippen LogP contribution in [0, 0.1) is 27.7 Å². The molecule has 1 N–H and O–H groups in total. The number of nitrogens with one attached hydrogen (secondary N) is 1. The van der Waals surface area contributed by atoms with Crippen molar-refractivity contribution in [1.29, 1.82) is 0 Å². The third-order valence-electron chi connectivity index (χ3n) is 3.97. The highest BCUT2D eigenvalue weighted by Gasteiger charge is 2.12. The Hall–Kier alpha value is -1.82. The van der Waals surface area contributed by atoms with Gasteiger partial charge in [-0.15, -0.1) is 0 Å². The van der Waals surface area contributed by atoms with Gasteiger partial charge in [-0.25, -0.2) is 0 Å². The summed E-state index contributed by atoms with van der Waals surface area (Å²) in [6.45, 7) is 8.74. The summed E-state index contributed by atoms with van der Waals surface area (Å²) in [5, 5.41) is 12.3. The van der Waals surface area contributed by atoms with Gasteiger partial charge in [-0.1, -0.05) is 11.6 Å². The molecule has 0 spiro atoms. The van der Waals surface area contributed by atoms with E-state index >= 15 is 0 Å². The Morgan fingerprint density at radius 1 is 1.14 bits per heavy atom. The van der Waals surface area contributed by atoms with Crippen LogP contribution in [0.4, 0.5) is 0 Å². The minimum atomic E-state index is -0.00803. The Morgan fingerprint density at radius 3 is 2.32 bits per heavy atom. The van der Waals surface area contributed by atoms with E-state index in [1.165, 1.54) is 0 Å².